The monoisotopic (exact) mass is 397 g/mol. The first kappa shape index (κ1) is 23.2. The third-order valence-corrected chi connectivity index (χ3v) is 3.77. The molecule has 146 valence electrons. The Labute approximate surface area is 140 Å². The van der Waals surface area contributed by atoms with Crippen LogP contribution in [-0.4, -0.2) is 51.0 Å². The topological polar surface area (TPSA) is 98.8 Å². The Bertz CT molecular complexity index is 616. The highest BCUT2D eigenvalue weighted by molar-refractivity contribution is 7.90. The Morgan fingerprint density at radius 2 is 1.72 bits per heavy atom. The molecule has 0 rings (SSSR count). The lowest BCUT2D eigenvalue weighted by atomic mass is 10.1. The molecule has 0 spiro atoms. The van der Waals surface area contributed by atoms with Crippen LogP contribution in [0.2, 0.25) is 0 Å². The zero-order valence-corrected chi connectivity index (χ0v) is 14.0. The van der Waals surface area contributed by atoms with Crippen LogP contribution < -0.4 is 4.72 Å². The molecule has 1 N–H and O–H groups in total. The number of alkyl halides is 5. The maximum atomic E-state index is 13.9. The summed E-state index contributed by atoms with van der Waals surface area (Å²) in [5.41, 5.74) is -5.78. The summed E-state index contributed by atoms with van der Waals surface area (Å²) in [5.74, 6) is -7.64. The van der Waals surface area contributed by atoms with Crippen molar-refractivity contribution in [2.45, 2.75) is 37.8 Å². The fourth-order valence-corrected chi connectivity index (χ4v) is 1.79. The first-order valence-corrected chi connectivity index (χ1v) is 8.12. The molecule has 1 atom stereocenters. The van der Waals surface area contributed by atoms with E-state index in [0.29, 0.717) is 0 Å². The van der Waals surface area contributed by atoms with E-state index in [1.54, 1.807) is 0 Å². The number of rotatable bonds is 9. The second-order valence-corrected chi connectivity index (χ2v) is 6.44. The number of ether oxygens (including phenoxy) is 2. The van der Waals surface area contributed by atoms with Crippen molar-refractivity contribution >= 4 is 22.0 Å². The van der Waals surface area contributed by atoms with Gasteiger partial charge in [0.05, 0.1) is 0 Å². The number of carbonyl (C=O) groups is 2. The van der Waals surface area contributed by atoms with Gasteiger partial charge in [-0.15, -0.1) is 0 Å². The second-order valence-electron chi connectivity index (χ2n) is 4.68. The molecule has 25 heavy (non-hydrogen) atoms. The minimum atomic E-state index is -5.69. The number of carbonyl (C=O) groups excluding carboxylic acids is 2. The van der Waals surface area contributed by atoms with E-state index in [4.69, 9.17) is 0 Å². The van der Waals surface area contributed by atoms with Crippen LogP contribution in [0.3, 0.4) is 0 Å². The summed E-state index contributed by atoms with van der Waals surface area (Å²) in [6.07, 6.45) is -2.65. The molecule has 0 heterocycles. The second kappa shape index (κ2) is 8.56. The molecule has 1 unspecified atom stereocenters. The molecule has 0 bridgehead atoms. The minimum Gasteiger partial charge on any atom is -0.460 e. The average molecular weight is 397 g/mol. The molecular formula is C12H16F5NO6S. The summed E-state index contributed by atoms with van der Waals surface area (Å²) < 4.78 is 94.5. The zero-order valence-electron chi connectivity index (χ0n) is 13.2. The Hall–Kier alpha value is -1.76. The van der Waals surface area contributed by atoms with Gasteiger partial charge in [0.25, 0.3) is 0 Å². The number of esters is 2. The SMILES string of the molecule is C=C(C)C(=O)OC(CC)C(F)(F)C(=O)OCCNS(=O)(=O)C(F)(F)F. The molecular weight excluding hydrogens is 381 g/mol. The van der Waals surface area contributed by atoms with E-state index >= 15 is 0 Å². The molecule has 0 aromatic carbocycles. The number of hydrogen-bond donors (Lipinski definition) is 1. The Morgan fingerprint density at radius 1 is 1.20 bits per heavy atom. The molecule has 0 aliphatic carbocycles. The summed E-state index contributed by atoms with van der Waals surface area (Å²) in [5, 5.41) is 0. The maximum Gasteiger partial charge on any atom is 0.511 e. The maximum absolute atomic E-state index is 13.9. The van der Waals surface area contributed by atoms with Crippen LogP contribution in [-0.2, 0) is 29.1 Å². The average Bonchev–Trinajstić information content (AvgIpc) is 2.46. The van der Waals surface area contributed by atoms with Crippen LogP contribution in [0.15, 0.2) is 12.2 Å². The van der Waals surface area contributed by atoms with Gasteiger partial charge in [-0.3, -0.25) is 0 Å². The van der Waals surface area contributed by atoms with Gasteiger partial charge < -0.3 is 9.47 Å². The molecule has 0 aliphatic heterocycles. The van der Waals surface area contributed by atoms with Crippen LogP contribution >= 0.6 is 0 Å². The van der Waals surface area contributed by atoms with Crippen LogP contribution in [0.1, 0.15) is 20.3 Å². The van der Waals surface area contributed by atoms with E-state index in [2.05, 4.69) is 16.1 Å². The van der Waals surface area contributed by atoms with E-state index in [1.165, 1.54) is 13.8 Å². The van der Waals surface area contributed by atoms with Gasteiger partial charge in [-0.1, -0.05) is 13.5 Å². The molecule has 0 aromatic rings. The van der Waals surface area contributed by atoms with Crippen molar-refractivity contribution in [3.05, 3.63) is 12.2 Å². The summed E-state index contributed by atoms with van der Waals surface area (Å²) in [7, 11) is -5.69. The number of nitrogens with one attached hydrogen (secondary N) is 1. The van der Waals surface area contributed by atoms with Gasteiger partial charge in [-0.25, -0.2) is 22.7 Å². The predicted octanol–water partition coefficient (Wildman–Crippen LogP) is 1.50. The third kappa shape index (κ3) is 6.57. The van der Waals surface area contributed by atoms with Crippen molar-refractivity contribution in [1.29, 1.82) is 0 Å². The minimum absolute atomic E-state index is 0.191. The van der Waals surface area contributed by atoms with Gasteiger partial charge in [0.1, 0.15) is 6.61 Å². The molecule has 0 aromatic heterocycles. The lowest BCUT2D eigenvalue weighted by Gasteiger charge is -2.24. The summed E-state index contributed by atoms with van der Waals surface area (Å²) in [6, 6.07) is 0. The summed E-state index contributed by atoms with van der Waals surface area (Å²) in [6.45, 7) is 3.40. The van der Waals surface area contributed by atoms with E-state index in [0.717, 1.165) is 4.72 Å². The molecule has 0 saturated heterocycles. The largest absolute Gasteiger partial charge is 0.511 e. The number of hydrogen-bond acceptors (Lipinski definition) is 6. The Kier molecular flexibility index (Phi) is 7.96. The van der Waals surface area contributed by atoms with Gasteiger partial charge in [-0.05, 0) is 13.3 Å². The van der Waals surface area contributed by atoms with Crippen molar-refractivity contribution in [3.8, 4) is 0 Å². The van der Waals surface area contributed by atoms with Crippen LogP contribution in [0.25, 0.3) is 0 Å². The first-order valence-electron chi connectivity index (χ1n) is 6.64. The van der Waals surface area contributed by atoms with E-state index < -0.39 is 59.1 Å². The normalized spacial score (nSPS) is 13.9. The third-order valence-electron chi connectivity index (χ3n) is 2.58. The van der Waals surface area contributed by atoms with Crippen molar-refractivity contribution in [3.63, 3.8) is 0 Å². The highest BCUT2D eigenvalue weighted by Crippen LogP contribution is 2.26. The van der Waals surface area contributed by atoms with Gasteiger partial charge >= 0.3 is 33.4 Å². The quantitative estimate of drug-likeness (QED) is 0.274. The highest BCUT2D eigenvalue weighted by Gasteiger charge is 2.51. The zero-order chi connectivity index (χ0) is 20.1. The van der Waals surface area contributed by atoms with Crippen LogP contribution in [0.4, 0.5) is 22.0 Å². The molecule has 0 fully saturated rings. The van der Waals surface area contributed by atoms with Crippen molar-refractivity contribution in [2.24, 2.45) is 0 Å². The standard InChI is InChI=1S/C12H16F5NO6S/c1-4-8(24-9(19)7(2)3)11(13,14)10(20)23-6-5-18-25(21,22)12(15,16)17/h8,18H,2,4-6H2,1,3H3. The predicted molar refractivity (Wildman–Crippen MR) is 73.9 cm³/mol. The molecule has 0 amide bonds. The lowest BCUT2D eigenvalue weighted by Crippen LogP contribution is -2.46. The Balaban J connectivity index is 4.71. The van der Waals surface area contributed by atoms with Crippen LogP contribution in [0.5, 0.6) is 0 Å². The van der Waals surface area contributed by atoms with Crippen molar-refractivity contribution < 1.29 is 49.4 Å². The molecule has 13 heteroatoms. The van der Waals surface area contributed by atoms with E-state index in [-0.39, 0.29) is 5.57 Å². The molecule has 0 saturated carbocycles. The van der Waals surface area contributed by atoms with Gasteiger partial charge in [0.15, 0.2) is 6.10 Å². The molecule has 0 radical (unpaired) electrons. The smallest absolute Gasteiger partial charge is 0.460 e. The van der Waals surface area contributed by atoms with Gasteiger partial charge in [0.2, 0.25) is 0 Å². The summed E-state index contributed by atoms with van der Waals surface area (Å²) >= 11 is 0. The molecule has 7 nitrogen and oxygen atoms in total. The fraction of sp³-hybridized carbons (Fsp3) is 0.667. The first-order chi connectivity index (χ1) is 11.2. The van der Waals surface area contributed by atoms with Gasteiger partial charge in [-0.2, -0.15) is 22.0 Å². The fourth-order valence-electron chi connectivity index (χ4n) is 1.27. The lowest BCUT2D eigenvalue weighted by molar-refractivity contribution is -0.196. The van der Waals surface area contributed by atoms with Crippen LogP contribution in [0, 0.1) is 0 Å². The highest BCUT2D eigenvalue weighted by atomic mass is 32.2. The number of halogens is 5. The van der Waals surface area contributed by atoms with Gasteiger partial charge in [0, 0.05) is 12.1 Å². The van der Waals surface area contributed by atoms with Crippen molar-refractivity contribution in [1.82, 2.24) is 4.72 Å². The number of sulfonamides is 1. The van der Waals surface area contributed by atoms with E-state index in [1.807, 2.05) is 0 Å². The Morgan fingerprint density at radius 3 is 2.12 bits per heavy atom. The molecule has 0 aliphatic rings. The van der Waals surface area contributed by atoms with Crippen molar-refractivity contribution in [2.75, 3.05) is 13.2 Å². The summed E-state index contributed by atoms with van der Waals surface area (Å²) in [4.78, 5) is 22.6. The van der Waals surface area contributed by atoms with E-state index in [9.17, 15) is 40.0 Å².